The summed E-state index contributed by atoms with van der Waals surface area (Å²) < 4.78 is 15.9. The standard InChI is InChI=1S/C21H24N2O5/c1-26-18-10-7-15(12-19(18)27-2)21(25)23-16-8-5-14(6-9-16)20(24)22-13-17-4-3-11-28-17/h5-10,12,17H,3-4,11,13H2,1-2H3,(H,22,24)(H,23,25). The number of hydrogen-bond acceptors (Lipinski definition) is 5. The van der Waals surface area contributed by atoms with Crippen LogP contribution in [0.1, 0.15) is 33.6 Å². The van der Waals surface area contributed by atoms with Crippen LogP contribution in [0.5, 0.6) is 11.5 Å². The van der Waals surface area contributed by atoms with Gasteiger partial charge in [-0.2, -0.15) is 0 Å². The first kappa shape index (κ1) is 19.7. The summed E-state index contributed by atoms with van der Waals surface area (Å²) >= 11 is 0. The van der Waals surface area contributed by atoms with Gasteiger partial charge in [0, 0.05) is 30.0 Å². The Labute approximate surface area is 164 Å². The van der Waals surface area contributed by atoms with Crippen molar-refractivity contribution in [2.75, 3.05) is 32.7 Å². The molecule has 0 radical (unpaired) electrons. The van der Waals surface area contributed by atoms with E-state index in [-0.39, 0.29) is 17.9 Å². The summed E-state index contributed by atoms with van der Waals surface area (Å²) in [5.41, 5.74) is 1.56. The number of carbonyl (C=O) groups excluding carboxylic acids is 2. The number of amides is 2. The van der Waals surface area contributed by atoms with Crippen LogP contribution >= 0.6 is 0 Å². The van der Waals surface area contributed by atoms with Crippen molar-refractivity contribution < 1.29 is 23.8 Å². The smallest absolute Gasteiger partial charge is 0.255 e. The number of ether oxygens (including phenoxy) is 3. The molecular weight excluding hydrogens is 360 g/mol. The maximum atomic E-state index is 12.4. The van der Waals surface area contributed by atoms with E-state index in [0.717, 1.165) is 19.4 Å². The number of methoxy groups -OCH3 is 2. The highest BCUT2D eigenvalue weighted by Gasteiger charge is 2.17. The van der Waals surface area contributed by atoms with Gasteiger partial charge in [0.2, 0.25) is 0 Å². The Morgan fingerprint density at radius 3 is 2.36 bits per heavy atom. The van der Waals surface area contributed by atoms with Crippen molar-refractivity contribution in [3.8, 4) is 11.5 Å². The van der Waals surface area contributed by atoms with Gasteiger partial charge in [-0.25, -0.2) is 0 Å². The Balaban J connectivity index is 1.58. The van der Waals surface area contributed by atoms with E-state index in [1.807, 2.05) is 0 Å². The third-order valence-electron chi connectivity index (χ3n) is 4.56. The topological polar surface area (TPSA) is 85.9 Å². The third-order valence-corrected chi connectivity index (χ3v) is 4.56. The normalized spacial score (nSPS) is 15.7. The minimum atomic E-state index is -0.281. The molecule has 7 nitrogen and oxygen atoms in total. The Bertz CT molecular complexity index is 829. The van der Waals surface area contributed by atoms with Crippen molar-refractivity contribution >= 4 is 17.5 Å². The van der Waals surface area contributed by atoms with Crippen LogP contribution < -0.4 is 20.1 Å². The molecule has 28 heavy (non-hydrogen) atoms. The van der Waals surface area contributed by atoms with Crippen LogP contribution in [0.3, 0.4) is 0 Å². The number of rotatable bonds is 7. The van der Waals surface area contributed by atoms with E-state index in [1.54, 1.807) is 42.5 Å². The first-order valence-corrected chi connectivity index (χ1v) is 9.14. The Morgan fingerprint density at radius 2 is 1.71 bits per heavy atom. The average Bonchev–Trinajstić information content (AvgIpc) is 3.25. The lowest BCUT2D eigenvalue weighted by Gasteiger charge is -2.12. The summed E-state index contributed by atoms with van der Waals surface area (Å²) in [6.07, 6.45) is 2.11. The summed E-state index contributed by atoms with van der Waals surface area (Å²) in [6.45, 7) is 1.27. The van der Waals surface area contributed by atoms with Crippen molar-refractivity contribution in [2.45, 2.75) is 18.9 Å². The molecule has 2 amide bonds. The molecule has 1 aliphatic rings. The van der Waals surface area contributed by atoms with Gasteiger partial charge in [0.05, 0.1) is 20.3 Å². The molecule has 2 aromatic carbocycles. The quantitative estimate of drug-likeness (QED) is 0.767. The zero-order chi connectivity index (χ0) is 19.9. The second kappa shape index (κ2) is 9.23. The maximum absolute atomic E-state index is 12.4. The van der Waals surface area contributed by atoms with Crippen LogP contribution in [0.4, 0.5) is 5.69 Å². The first-order chi connectivity index (χ1) is 13.6. The van der Waals surface area contributed by atoms with Crippen LogP contribution in [0, 0.1) is 0 Å². The van der Waals surface area contributed by atoms with Crippen molar-refractivity contribution in [2.24, 2.45) is 0 Å². The molecule has 148 valence electrons. The summed E-state index contributed by atoms with van der Waals surface area (Å²) in [5, 5.41) is 5.68. The van der Waals surface area contributed by atoms with Gasteiger partial charge in [-0.3, -0.25) is 9.59 Å². The molecule has 1 unspecified atom stereocenters. The van der Waals surface area contributed by atoms with E-state index in [1.165, 1.54) is 14.2 Å². The molecule has 2 N–H and O–H groups in total. The van der Waals surface area contributed by atoms with Crippen LogP contribution in [0.2, 0.25) is 0 Å². The highest BCUT2D eigenvalue weighted by molar-refractivity contribution is 6.05. The number of hydrogen-bond donors (Lipinski definition) is 2. The van der Waals surface area contributed by atoms with Crippen LogP contribution in [-0.4, -0.2) is 45.3 Å². The van der Waals surface area contributed by atoms with E-state index in [4.69, 9.17) is 14.2 Å². The molecule has 1 saturated heterocycles. The lowest BCUT2D eigenvalue weighted by molar-refractivity contribution is 0.0857. The van der Waals surface area contributed by atoms with Gasteiger partial charge in [0.15, 0.2) is 11.5 Å². The second-order valence-corrected chi connectivity index (χ2v) is 6.45. The molecule has 1 aliphatic heterocycles. The predicted octanol–water partition coefficient (Wildman–Crippen LogP) is 2.86. The first-order valence-electron chi connectivity index (χ1n) is 9.14. The van der Waals surface area contributed by atoms with Crippen molar-refractivity contribution in [1.82, 2.24) is 5.32 Å². The zero-order valence-corrected chi connectivity index (χ0v) is 16.0. The summed E-state index contributed by atoms with van der Waals surface area (Å²) in [5.74, 6) is 0.593. The van der Waals surface area contributed by atoms with E-state index < -0.39 is 0 Å². The number of anilines is 1. The number of benzene rings is 2. The maximum Gasteiger partial charge on any atom is 0.255 e. The van der Waals surface area contributed by atoms with Crippen LogP contribution in [0.25, 0.3) is 0 Å². The molecule has 2 aromatic rings. The van der Waals surface area contributed by atoms with E-state index in [0.29, 0.717) is 34.9 Å². The van der Waals surface area contributed by atoms with Gasteiger partial charge in [-0.05, 0) is 55.3 Å². The molecule has 1 heterocycles. The van der Waals surface area contributed by atoms with Crippen LogP contribution in [0.15, 0.2) is 42.5 Å². The van der Waals surface area contributed by atoms with Gasteiger partial charge in [0.1, 0.15) is 0 Å². The van der Waals surface area contributed by atoms with E-state index in [9.17, 15) is 9.59 Å². The highest BCUT2D eigenvalue weighted by atomic mass is 16.5. The minimum absolute atomic E-state index is 0.101. The zero-order valence-electron chi connectivity index (χ0n) is 16.0. The molecular formula is C21H24N2O5. The second-order valence-electron chi connectivity index (χ2n) is 6.45. The lowest BCUT2D eigenvalue weighted by Crippen LogP contribution is -2.31. The minimum Gasteiger partial charge on any atom is -0.493 e. The van der Waals surface area contributed by atoms with Crippen molar-refractivity contribution in [3.63, 3.8) is 0 Å². The molecule has 0 aromatic heterocycles. The van der Waals surface area contributed by atoms with Crippen LogP contribution in [-0.2, 0) is 4.74 Å². The monoisotopic (exact) mass is 384 g/mol. The summed E-state index contributed by atoms with van der Waals surface area (Å²) in [6, 6.07) is 11.7. The lowest BCUT2D eigenvalue weighted by atomic mass is 10.1. The highest BCUT2D eigenvalue weighted by Crippen LogP contribution is 2.27. The van der Waals surface area contributed by atoms with E-state index >= 15 is 0 Å². The fourth-order valence-corrected chi connectivity index (χ4v) is 3.00. The van der Waals surface area contributed by atoms with Crippen molar-refractivity contribution in [1.29, 1.82) is 0 Å². The largest absolute Gasteiger partial charge is 0.493 e. The van der Waals surface area contributed by atoms with Crippen molar-refractivity contribution in [3.05, 3.63) is 53.6 Å². The molecule has 1 atom stereocenters. The number of nitrogens with one attached hydrogen (secondary N) is 2. The number of carbonyl (C=O) groups is 2. The summed E-state index contributed by atoms with van der Waals surface area (Å²) in [7, 11) is 3.05. The van der Waals surface area contributed by atoms with Gasteiger partial charge < -0.3 is 24.8 Å². The van der Waals surface area contributed by atoms with Gasteiger partial charge in [-0.15, -0.1) is 0 Å². The Kier molecular flexibility index (Phi) is 6.49. The molecule has 0 aliphatic carbocycles. The molecule has 3 rings (SSSR count). The molecule has 1 fully saturated rings. The van der Waals surface area contributed by atoms with E-state index in [2.05, 4.69) is 10.6 Å². The van der Waals surface area contributed by atoms with Gasteiger partial charge in [0.25, 0.3) is 11.8 Å². The molecule has 0 spiro atoms. The fourth-order valence-electron chi connectivity index (χ4n) is 3.00. The molecule has 0 bridgehead atoms. The predicted molar refractivity (Wildman–Crippen MR) is 105 cm³/mol. The van der Waals surface area contributed by atoms with Gasteiger partial charge >= 0.3 is 0 Å². The van der Waals surface area contributed by atoms with Gasteiger partial charge in [-0.1, -0.05) is 0 Å². The fraction of sp³-hybridized carbons (Fsp3) is 0.333. The SMILES string of the molecule is COc1ccc(C(=O)Nc2ccc(C(=O)NCC3CCCO3)cc2)cc1OC. The molecule has 0 saturated carbocycles. The Hall–Kier alpha value is -3.06. The Morgan fingerprint density at radius 1 is 1.00 bits per heavy atom. The third kappa shape index (κ3) is 4.80. The molecule has 7 heteroatoms. The average molecular weight is 384 g/mol. The summed E-state index contributed by atoms with van der Waals surface area (Å²) in [4.78, 5) is 24.7.